The standard InChI is InChI=1S/C12H23NO3/c1-12(2,3)11(14)16-15-10-9-13-7-5-4-6-8-13/h4-10H2,1-3H3. The Kier molecular flexibility index (Phi) is 5.22. The average molecular weight is 229 g/mol. The number of likely N-dealkylation sites (tertiary alicyclic amines) is 1. The van der Waals surface area contributed by atoms with Crippen LogP contribution in [0.15, 0.2) is 0 Å². The largest absolute Gasteiger partial charge is 0.347 e. The van der Waals surface area contributed by atoms with E-state index in [1.165, 1.54) is 19.3 Å². The predicted molar refractivity (Wildman–Crippen MR) is 61.8 cm³/mol. The van der Waals surface area contributed by atoms with Gasteiger partial charge in [-0.15, -0.1) is 0 Å². The second-order valence-electron chi connectivity index (χ2n) is 5.35. The average Bonchev–Trinajstić information content (AvgIpc) is 2.24. The van der Waals surface area contributed by atoms with Crippen molar-refractivity contribution in [1.82, 2.24) is 4.90 Å². The van der Waals surface area contributed by atoms with Crippen LogP contribution in [0.4, 0.5) is 0 Å². The van der Waals surface area contributed by atoms with Gasteiger partial charge < -0.3 is 4.90 Å². The normalized spacial score (nSPS) is 18.4. The fraction of sp³-hybridized carbons (Fsp3) is 0.917. The van der Waals surface area contributed by atoms with E-state index in [4.69, 9.17) is 9.78 Å². The minimum absolute atomic E-state index is 0.314. The molecule has 94 valence electrons. The lowest BCUT2D eigenvalue weighted by atomic mass is 9.98. The molecule has 0 saturated carbocycles. The SMILES string of the molecule is CC(C)(C)C(=O)OOCCN1CCCCC1. The summed E-state index contributed by atoms with van der Waals surface area (Å²) >= 11 is 0. The summed E-state index contributed by atoms with van der Waals surface area (Å²) < 4.78 is 0. The molecule has 0 aromatic rings. The number of carbonyl (C=O) groups excluding carboxylic acids is 1. The molecule has 1 saturated heterocycles. The minimum atomic E-state index is -0.495. The molecule has 0 aromatic carbocycles. The third-order valence-electron chi connectivity index (χ3n) is 2.69. The van der Waals surface area contributed by atoms with Crippen LogP contribution in [0.25, 0.3) is 0 Å². The molecule has 0 atom stereocenters. The number of hydrogen-bond acceptors (Lipinski definition) is 4. The van der Waals surface area contributed by atoms with Gasteiger partial charge in [0.15, 0.2) is 0 Å². The summed E-state index contributed by atoms with van der Waals surface area (Å²) in [5, 5.41) is 0. The summed E-state index contributed by atoms with van der Waals surface area (Å²) in [6, 6.07) is 0. The monoisotopic (exact) mass is 229 g/mol. The molecule has 4 heteroatoms. The zero-order chi connectivity index (χ0) is 12.0. The number of rotatable bonds is 4. The highest BCUT2D eigenvalue weighted by Gasteiger charge is 2.24. The molecule has 1 fully saturated rings. The molecular weight excluding hydrogens is 206 g/mol. The second-order valence-corrected chi connectivity index (χ2v) is 5.35. The number of hydrogen-bond donors (Lipinski definition) is 0. The molecule has 4 nitrogen and oxygen atoms in total. The highest BCUT2D eigenvalue weighted by atomic mass is 17.2. The van der Waals surface area contributed by atoms with E-state index in [0.29, 0.717) is 6.61 Å². The molecule has 0 N–H and O–H groups in total. The first-order valence-corrected chi connectivity index (χ1v) is 6.06. The number of nitrogens with zero attached hydrogens (tertiary/aromatic N) is 1. The van der Waals surface area contributed by atoms with Gasteiger partial charge in [0, 0.05) is 6.54 Å². The van der Waals surface area contributed by atoms with Crippen LogP contribution in [-0.4, -0.2) is 37.1 Å². The van der Waals surface area contributed by atoms with Crippen LogP contribution in [0.3, 0.4) is 0 Å². The Bertz CT molecular complexity index is 217. The molecule has 0 aromatic heterocycles. The Balaban J connectivity index is 2.05. The van der Waals surface area contributed by atoms with Crippen LogP contribution in [-0.2, 0) is 14.6 Å². The Morgan fingerprint density at radius 2 is 1.81 bits per heavy atom. The van der Waals surface area contributed by atoms with Crippen molar-refractivity contribution in [1.29, 1.82) is 0 Å². The van der Waals surface area contributed by atoms with Crippen molar-refractivity contribution >= 4 is 5.97 Å². The van der Waals surface area contributed by atoms with Gasteiger partial charge in [0.25, 0.3) is 0 Å². The van der Waals surface area contributed by atoms with Gasteiger partial charge in [-0.25, -0.2) is 4.79 Å². The lowest BCUT2D eigenvalue weighted by Crippen LogP contribution is -2.33. The van der Waals surface area contributed by atoms with Crippen LogP contribution < -0.4 is 0 Å². The summed E-state index contributed by atoms with van der Waals surface area (Å²) in [5.74, 6) is -0.314. The fourth-order valence-electron chi connectivity index (χ4n) is 1.57. The first-order valence-electron chi connectivity index (χ1n) is 6.06. The molecule has 16 heavy (non-hydrogen) atoms. The first-order chi connectivity index (χ1) is 7.50. The van der Waals surface area contributed by atoms with E-state index >= 15 is 0 Å². The van der Waals surface area contributed by atoms with E-state index in [-0.39, 0.29) is 5.97 Å². The van der Waals surface area contributed by atoms with Gasteiger partial charge in [0.1, 0.15) is 6.61 Å². The lowest BCUT2D eigenvalue weighted by Gasteiger charge is -2.25. The van der Waals surface area contributed by atoms with Crippen molar-refractivity contribution in [3.63, 3.8) is 0 Å². The van der Waals surface area contributed by atoms with Gasteiger partial charge in [0.05, 0.1) is 5.41 Å². The fourth-order valence-corrected chi connectivity index (χ4v) is 1.57. The maximum atomic E-state index is 11.4. The molecule has 0 radical (unpaired) electrons. The highest BCUT2D eigenvalue weighted by Crippen LogP contribution is 2.15. The Hall–Kier alpha value is -0.610. The van der Waals surface area contributed by atoms with Crippen LogP contribution in [0.1, 0.15) is 40.0 Å². The van der Waals surface area contributed by atoms with Crippen LogP contribution in [0.2, 0.25) is 0 Å². The van der Waals surface area contributed by atoms with Crippen LogP contribution >= 0.6 is 0 Å². The van der Waals surface area contributed by atoms with Crippen LogP contribution in [0, 0.1) is 5.41 Å². The molecule has 0 aliphatic carbocycles. The summed E-state index contributed by atoms with van der Waals surface area (Å²) in [7, 11) is 0. The smallest absolute Gasteiger partial charge is 0.301 e. The molecule has 0 spiro atoms. The minimum Gasteiger partial charge on any atom is -0.301 e. The molecule has 1 rings (SSSR count). The quantitative estimate of drug-likeness (QED) is 0.420. The van der Waals surface area contributed by atoms with Crippen molar-refractivity contribution in [2.24, 2.45) is 5.41 Å². The molecule has 0 bridgehead atoms. The lowest BCUT2D eigenvalue weighted by molar-refractivity contribution is -0.280. The molecule has 1 aliphatic rings. The van der Waals surface area contributed by atoms with E-state index in [1.54, 1.807) is 0 Å². The summed E-state index contributed by atoms with van der Waals surface area (Å²) in [4.78, 5) is 23.4. The van der Waals surface area contributed by atoms with Gasteiger partial charge in [-0.05, 0) is 46.7 Å². The van der Waals surface area contributed by atoms with E-state index in [2.05, 4.69) is 4.90 Å². The van der Waals surface area contributed by atoms with E-state index < -0.39 is 5.41 Å². The third-order valence-corrected chi connectivity index (χ3v) is 2.69. The summed E-state index contributed by atoms with van der Waals surface area (Å²) in [6.07, 6.45) is 3.86. The maximum absolute atomic E-state index is 11.4. The topological polar surface area (TPSA) is 38.8 Å². The van der Waals surface area contributed by atoms with E-state index in [0.717, 1.165) is 19.6 Å². The highest BCUT2D eigenvalue weighted by molar-refractivity contribution is 5.74. The molecule has 1 heterocycles. The zero-order valence-electron chi connectivity index (χ0n) is 10.6. The van der Waals surface area contributed by atoms with Crippen LogP contribution in [0.5, 0.6) is 0 Å². The van der Waals surface area contributed by atoms with Crippen molar-refractivity contribution in [3.05, 3.63) is 0 Å². The van der Waals surface area contributed by atoms with Gasteiger partial charge in [-0.2, -0.15) is 4.89 Å². The van der Waals surface area contributed by atoms with Crippen molar-refractivity contribution < 1.29 is 14.6 Å². The van der Waals surface area contributed by atoms with Gasteiger partial charge >= 0.3 is 5.97 Å². The Morgan fingerprint density at radius 1 is 1.19 bits per heavy atom. The van der Waals surface area contributed by atoms with Crippen molar-refractivity contribution in [2.45, 2.75) is 40.0 Å². The molecular formula is C12H23NO3. The number of carbonyl (C=O) groups is 1. The van der Waals surface area contributed by atoms with E-state index in [1.807, 2.05) is 20.8 Å². The van der Waals surface area contributed by atoms with Crippen molar-refractivity contribution in [3.8, 4) is 0 Å². The van der Waals surface area contributed by atoms with Crippen molar-refractivity contribution in [2.75, 3.05) is 26.2 Å². The molecule has 0 amide bonds. The third kappa shape index (κ3) is 4.94. The first kappa shape index (κ1) is 13.5. The van der Waals surface area contributed by atoms with Gasteiger partial charge in [-0.3, -0.25) is 4.89 Å². The summed E-state index contributed by atoms with van der Waals surface area (Å²) in [5.41, 5.74) is -0.495. The van der Waals surface area contributed by atoms with E-state index in [9.17, 15) is 4.79 Å². The second kappa shape index (κ2) is 6.21. The summed E-state index contributed by atoms with van der Waals surface area (Å²) in [6.45, 7) is 9.00. The Morgan fingerprint density at radius 3 is 2.38 bits per heavy atom. The Labute approximate surface area is 97.8 Å². The maximum Gasteiger partial charge on any atom is 0.347 e. The zero-order valence-corrected chi connectivity index (χ0v) is 10.6. The molecule has 1 aliphatic heterocycles. The predicted octanol–water partition coefficient (Wildman–Crippen LogP) is 1.99. The van der Waals surface area contributed by atoms with Gasteiger partial charge in [-0.1, -0.05) is 6.42 Å². The number of piperidine rings is 1. The van der Waals surface area contributed by atoms with Gasteiger partial charge in [0.2, 0.25) is 0 Å². The molecule has 0 unspecified atom stereocenters.